The summed E-state index contributed by atoms with van der Waals surface area (Å²) in [6.07, 6.45) is 2.96. The summed E-state index contributed by atoms with van der Waals surface area (Å²) in [7, 11) is -8.80. The molecule has 0 saturated carbocycles. The van der Waals surface area contributed by atoms with Gasteiger partial charge in [0.15, 0.2) is 0 Å². The molecule has 0 heterocycles. The fourth-order valence-corrected chi connectivity index (χ4v) is 13.0. The van der Waals surface area contributed by atoms with Gasteiger partial charge in [-0.1, -0.05) is 20.8 Å². The molecule has 0 atom stereocenters. The molecule has 396 valence electrons. The van der Waals surface area contributed by atoms with Crippen LogP contribution in [0.3, 0.4) is 0 Å². The third-order valence-electron chi connectivity index (χ3n) is 7.03. The Labute approximate surface area is 454 Å². The average molecular weight is 1530 g/mol. The van der Waals surface area contributed by atoms with Crippen LogP contribution in [0.2, 0.25) is 0 Å². The van der Waals surface area contributed by atoms with Crippen molar-refractivity contribution in [2.75, 3.05) is 39.6 Å². The molecule has 0 aliphatic carbocycles. The van der Waals surface area contributed by atoms with Crippen LogP contribution in [0.15, 0.2) is 72.8 Å². The molecule has 0 bridgehead atoms. The first kappa shape index (κ1) is 94.7. The van der Waals surface area contributed by atoms with Crippen molar-refractivity contribution in [1.82, 2.24) is 0 Å². The Kier molecular flexibility index (Phi) is 78.8. The molecule has 0 aliphatic rings. The van der Waals surface area contributed by atoms with Crippen LogP contribution in [0.25, 0.3) is 0 Å². The van der Waals surface area contributed by atoms with Gasteiger partial charge in [0, 0.05) is 66.5 Å². The predicted octanol–water partition coefficient (Wildman–Crippen LogP) is 11.4. The first-order valence-corrected chi connectivity index (χ1v) is 24.7. The van der Waals surface area contributed by atoms with Crippen LogP contribution in [-0.4, -0.2) is 84.0 Å². The molecule has 66 heavy (non-hydrogen) atoms. The summed E-state index contributed by atoms with van der Waals surface area (Å²) in [6.45, 7) is 19.8. The third-order valence-corrected chi connectivity index (χ3v) is 15.5. The Balaban J connectivity index is -0.0000000609. The van der Waals surface area contributed by atoms with Crippen molar-refractivity contribution in [2.45, 2.75) is 99.7 Å². The maximum atomic E-state index is 11.2. The number of carbonyl (C=O) groups excluding carboxylic acids is 3. The molecule has 0 N–H and O–H groups in total. The molecule has 0 fully saturated rings. The number of hydrogen-bond acceptors (Lipinski definition) is 12. The van der Waals surface area contributed by atoms with Crippen LogP contribution >= 0.6 is 0 Å². The SMILES string of the molecule is CC(=O)O[Si](C[c-]1cccc1)(OC(C)=O)OC(C)=O.CCCO[Si](C[c-]1cccc1)(OCCC)OCCC.CCO[Si](C[c-]1cccc1)(OCC)OCC.[CH3-].[CH3-].[CH3-].[CH3-].[CH3-].[CH3-].[CH3-].[CH3-].[CH3-].[Pt+4].[Pt+4].[Pt+4]. The van der Waals surface area contributed by atoms with E-state index in [-0.39, 0.29) is 136 Å². The number of carbonyl (C=O) groups is 3. The summed E-state index contributed by atoms with van der Waals surface area (Å²) < 4.78 is 50.6. The summed E-state index contributed by atoms with van der Waals surface area (Å²) in [5.41, 5.74) is 3.23. The maximum Gasteiger partial charge on any atom is 4.00 e. The molecular weight excluding hydrogens is 1440 g/mol. The number of rotatable bonds is 24. The molecule has 3 aromatic rings. The number of hydrogen-bond donors (Lipinski definition) is 0. The van der Waals surface area contributed by atoms with E-state index in [9.17, 15) is 14.4 Å². The van der Waals surface area contributed by atoms with Gasteiger partial charge >= 0.3 is 89.6 Å². The fourth-order valence-electron chi connectivity index (χ4n) is 5.16. The van der Waals surface area contributed by atoms with Crippen LogP contribution in [0.1, 0.15) is 98.3 Å². The van der Waals surface area contributed by atoms with E-state index in [1.165, 1.54) is 31.9 Å². The zero-order valence-electron chi connectivity index (χ0n) is 43.8. The van der Waals surface area contributed by atoms with Crippen molar-refractivity contribution in [3.8, 4) is 0 Å². The van der Waals surface area contributed by atoms with Crippen molar-refractivity contribution in [2.24, 2.45) is 0 Å². The van der Waals surface area contributed by atoms with Crippen LogP contribution in [-0.2, 0) is 136 Å². The second-order valence-corrected chi connectivity index (χ2v) is 19.6. The van der Waals surface area contributed by atoms with Crippen molar-refractivity contribution < 1.29 is 117 Å². The van der Waals surface area contributed by atoms with Gasteiger partial charge in [-0.25, -0.2) is 36.4 Å². The standard InChI is InChI=1S/C15H27O3Si.C12H15O6Si.C12H21O3Si.9CH3.3Pt/c1-4-11-16-19(17-12-5-2,18-13-6-3)14-15-9-7-8-10-15;1-9(13)16-19(17-10(2)14,18-11(3)15)8-12-6-4-5-7-12;1-4-13-16(14-5-2,15-6-3)11-12-9-7-8-10-12;;;;;;;;;;;;/h7-10H,4-6,11-14H2,1-3H3;4-7H,8H2,1-3H3;7-10H,4-6,11H2,1-3H3;9*1H3;;;/q12*-1;3*+4. The molecule has 12 nitrogen and oxygen atoms in total. The second-order valence-electron chi connectivity index (χ2n) is 12.1. The Bertz CT molecular complexity index is 1320. The fraction of sp³-hybridized carbons (Fsp3) is 0.438. The van der Waals surface area contributed by atoms with E-state index in [1.54, 1.807) is 24.3 Å². The molecule has 3 aromatic carbocycles. The van der Waals surface area contributed by atoms with Crippen molar-refractivity contribution >= 4 is 44.3 Å². The minimum absolute atomic E-state index is 0. The second kappa shape index (κ2) is 54.9. The van der Waals surface area contributed by atoms with Crippen molar-refractivity contribution in [3.63, 3.8) is 0 Å². The van der Waals surface area contributed by atoms with Gasteiger partial charge in [0.1, 0.15) is 0 Å². The summed E-state index contributed by atoms with van der Waals surface area (Å²) >= 11 is 0. The normalized spacial score (nSPS) is 9.41. The van der Waals surface area contributed by atoms with E-state index < -0.39 is 44.3 Å². The van der Waals surface area contributed by atoms with E-state index in [0.29, 0.717) is 39.6 Å². The van der Waals surface area contributed by atoms with Gasteiger partial charge in [-0.05, 0) is 52.1 Å². The molecule has 0 aliphatic heterocycles. The minimum Gasteiger partial charge on any atom is -0.456 e. The molecule has 0 saturated heterocycles. The van der Waals surface area contributed by atoms with E-state index in [1.807, 2.05) is 45.0 Å². The van der Waals surface area contributed by atoms with Gasteiger partial charge in [0.05, 0.1) is 0 Å². The molecule has 0 amide bonds. The quantitative estimate of drug-likeness (QED) is 0.0624. The van der Waals surface area contributed by atoms with Gasteiger partial charge in [-0.15, -0.1) is 5.56 Å². The Morgan fingerprint density at radius 1 is 0.364 bits per heavy atom. The molecule has 0 aromatic heterocycles. The van der Waals surface area contributed by atoms with Crippen LogP contribution in [0.5, 0.6) is 0 Å². The third kappa shape index (κ3) is 40.8. The maximum absolute atomic E-state index is 11.2. The smallest absolute Gasteiger partial charge is 0.456 e. The Hall–Kier alpha value is -1.06. The predicted molar refractivity (Wildman–Crippen MR) is 271 cm³/mol. The van der Waals surface area contributed by atoms with Gasteiger partial charge in [0.25, 0.3) is 17.9 Å². The zero-order chi connectivity index (χ0) is 40.3. The van der Waals surface area contributed by atoms with Crippen molar-refractivity contribution in [1.29, 1.82) is 0 Å². The summed E-state index contributed by atoms with van der Waals surface area (Å²) in [6, 6.07) is 25.2. The molecule has 0 radical (unpaired) electrons. The molecule has 0 unspecified atom stereocenters. The van der Waals surface area contributed by atoms with Crippen molar-refractivity contribution in [3.05, 3.63) is 156 Å². The van der Waals surface area contributed by atoms with Gasteiger partial charge in [0.2, 0.25) is 0 Å². The summed E-state index contributed by atoms with van der Waals surface area (Å²) in [5, 5.41) is 0. The van der Waals surface area contributed by atoms with Crippen LogP contribution in [0, 0.1) is 66.8 Å². The Morgan fingerprint density at radius 2 is 0.561 bits per heavy atom. The van der Waals surface area contributed by atoms with E-state index in [2.05, 4.69) is 45.0 Å². The topological polar surface area (TPSA) is 134 Å². The molecule has 0 spiro atoms. The van der Waals surface area contributed by atoms with E-state index in [4.69, 9.17) is 39.8 Å². The molecular formula is C48H90O12Pt3Si3. The van der Waals surface area contributed by atoms with E-state index in [0.717, 1.165) is 36.9 Å². The van der Waals surface area contributed by atoms with E-state index >= 15 is 0 Å². The monoisotopic (exact) mass is 1530 g/mol. The Morgan fingerprint density at radius 3 is 0.742 bits per heavy atom. The largest absolute Gasteiger partial charge is 4.00 e. The summed E-state index contributed by atoms with van der Waals surface area (Å²) in [4.78, 5) is 33.5. The molecule has 18 heteroatoms. The molecule has 3 rings (SSSR count). The van der Waals surface area contributed by atoms with Gasteiger partial charge in [-0.3, -0.25) is 14.4 Å². The zero-order valence-corrected chi connectivity index (χ0v) is 53.6. The average Bonchev–Trinajstić information content (AvgIpc) is 3.91. The minimum atomic E-state index is -3.74. The first-order chi connectivity index (χ1) is 25.8. The van der Waals surface area contributed by atoms with Crippen LogP contribution in [0.4, 0.5) is 0 Å². The summed E-state index contributed by atoms with van der Waals surface area (Å²) in [5.74, 6) is -2.00. The van der Waals surface area contributed by atoms with Gasteiger partial charge in [-0.2, -0.15) is 47.5 Å². The first-order valence-electron chi connectivity index (χ1n) is 18.9. The van der Waals surface area contributed by atoms with Crippen LogP contribution < -0.4 is 0 Å². The van der Waals surface area contributed by atoms with Gasteiger partial charge < -0.3 is 107 Å².